The molecule has 0 saturated carbocycles. The summed E-state index contributed by atoms with van der Waals surface area (Å²) >= 11 is 5.95. The molecule has 0 bridgehead atoms. The molecule has 4 heteroatoms. The zero-order valence-corrected chi connectivity index (χ0v) is 11.4. The molecule has 0 spiro atoms. The van der Waals surface area contributed by atoms with Gasteiger partial charge in [-0.2, -0.15) is 0 Å². The minimum absolute atomic E-state index is 0.0791. The van der Waals surface area contributed by atoms with Gasteiger partial charge in [0.1, 0.15) is 5.75 Å². The van der Waals surface area contributed by atoms with Crippen molar-refractivity contribution in [3.63, 3.8) is 0 Å². The quantitative estimate of drug-likeness (QED) is 0.803. The van der Waals surface area contributed by atoms with E-state index in [-0.39, 0.29) is 12.4 Å². The van der Waals surface area contributed by atoms with Crippen molar-refractivity contribution in [2.45, 2.75) is 12.5 Å². The van der Waals surface area contributed by atoms with Crippen LogP contribution in [0.5, 0.6) is 5.75 Å². The van der Waals surface area contributed by atoms with E-state index in [0.29, 0.717) is 5.02 Å². The van der Waals surface area contributed by atoms with Crippen molar-refractivity contribution < 1.29 is 10.2 Å². The summed E-state index contributed by atoms with van der Waals surface area (Å²) in [7, 11) is 0. The third kappa shape index (κ3) is 3.19. The molecule has 0 aliphatic carbocycles. The number of halogens is 1. The Labute approximate surface area is 117 Å². The van der Waals surface area contributed by atoms with Crippen LogP contribution in [0.15, 0.2) is 48.5 Å². The number of phenolic OH excluding ortho intramolecular Hbond substituents is 1. The summed E-state index contributed by atoms with van der Waals surface area (Å²) in [5.41, 5.74) is 1.07. The Morgan fingerprint density at radius 1 is 1.16 bits per heavy atom. The van der Waals surface area contributed by atoms with Crippen LogP contribution >= 0.6 is 11.6 Å². The standard InChI is InChI=1S/C15H16ClNO2/c1-15(10-18,11-5-7-14(19)8-6-11)17-13-4-2-3-12(16)9-13/h2-9,17-19H,10H2,1H3. The molecule has 0 radical (unpaired) electrons. The second-order valence-electron chi connectivity index (χ2n) is 4.67. The molecule has 100 valence electrons. The predicted molar refractivity (Wildman–Crippen MR) is 77.6 cm³/mol. The van der Waals surface area contributed by atoms with Crippen molar-refractivity contribution >= 4 is 17.3 Å². The average Bonchev–Trinajstić information content (AvgIpc) is 2.39. The second kappa shape index (κ2) is 5.51. The molecule has 1 unspecified atom stereocenters. The van der Waals surface area contributed by atoms with E-state index >= 15 is 0 Å². The summed E-state index contributed by atoms with van der Waals surface area (Å²) in [6.07, 6.45) is 0. The highest BCUT2D eigenvalue weighted by atomic mass is 35.5. The predicted octanol–water partition coefficient (Wildman–Crippen LogP) is 3.37. The number of aliphatic hydroxyl groups is 1. The molecule has 2 rings (SSSR count). The van der Waals surface area contributed by atoms with Crippen LogP contribution in [0.3, 0.4) is 0 Å². The molecule has 1 atom stereocenters. The third-order valence-electron chi connectivity index (χ3n) is 3.07. The number of hydrogen-bond acceptors (Lipinski definition) is 3. The molecule has 2 aromatic carbocycles. The fourth-order valence-electron chi connectivity index (χ4n) is 1.92. The Balaban J connectivity index is 2.29. The fraction of sp³-hybridized carbons (Fsp3) is 0.200. The van der Waals surface area contributed by atoms with Gasteiger partial charge in [-0.25, -0.2) is 0 Å². The van der Waals surface area contributed by atoms with Gasteiger partial charge in [-0.1, -0.05) is 29.8 Å². The molecule has 19 heavy (non-hydrogen) atoms. The molecule has 0 heterocycles. The number of aromatic hydroxyl groups is 1. The van der Waals surface area contributed by atoms with Crippen LogP contribution in [-0.2, 0) is 5.54 Å². The van der Waals surface area contributed by atoms with E-state index < -0.39 is 5.54 Å². The topological polar surface area (TPSA) is 52.5 Å². The molecule has 0 aliphatic heterocycles. The van der Waals surface area contributed by atoms with E-state index in [1.165, 1.54) is 0 Å². The first-order chi connectivity index (χ1) is 9.03. The first kappa shape index (κ1) is 13.7. The van der Waals surface area contributed by atoms with Gasteiger partial charge < -0.3 is 15.5 Å². The van der Waals surface area contributed by atoms with Gasteiger partial charge in [0.05, 0.1) is 12.1 Å². The maximum atomic E-state index is 9.68. The summed E-state index contributed by atoms with van der Waals surface area (Å²) in [6.45, 7) is 1.81. The monoisotopic (exact) mass is 277 g/mol. The van der Waals surface area contributed by atoms with Gasteiger partial charge in [0.15, 0.2) is 0 Å². The van der Waals surface area contributed by atoms with E-state index in [1.807, 2.05) is 19.1 Å². The van der Waals surface area contributed by atoms with Crippen molar-refractivity contribution in [2.24, 2.45) is 0 Å². The number of aliphatic hydroxyl groups excluding tert-OH is 1. The number of rotatable bonds is 4. The lowest BCUT2D eigenvalue weighted by atomic mass is 9.92. The highest BCUT2D eigenvalue weighted by molar-refractivity contribution is 6.30. The summed E-state index contributed by atoms with van der Waals surface area (Å²) < 4.78 is 0. The lowest BCUT2D eigenvalue weighted by Gasteiger charge is -2.30. The van der Waals surface area contributed by atoms with Crippen LogP contribution in [0.25, 0.3) is 0 Å². The Morgan fingerprint density at radius 2 is 1.84 bits per heavy atom. The Bertz CT molecular complexity index is 556. The smallest absolute Gasteiger partial charge is 0.115 e. The van der Waals surface area contributed by atoms with Gasteiger partial charge in [-0.15, -0.1) is 0 Å². The van der Waals surface area contributed by atoms with Crippen molar-refractivity contribution in [1.82, 2.24) is 0 Å². The van der Waals surface area contributed by atoms with Gasteiger partial charge in [0.2, 0.25) is 0 Å². The zero-order valence-electron chi connectivity index (χ0n) is 10.6. The third-order valence-corrected chi connectivity index (χ3v) is 3.30. The summed E-state index contributed by atoms with van der Waals surface area (Å²) in [5.74, 6) is 0.201. The van der Waals surface area contributed by atoms with Crippen LogP contribution in [0.2, 0.25) is 5.02 Å². The molecule has 0 aromatic heterocycles. The number of benzene rings is 2. The number of phenols is 1. The summed E-state index contributed by atoms with van der Waals surface area (Å²) in [5, 5.41) is 22.9. The molecule has 0 saturated heterocycles. The van der Waals surface area contributed by atoms with Gasteiger partial charge in [-0.3, -0.25) is 0 Å². The van der Waals surface area contributed by atoms with Crippen LogP contribution in [0.4, 0.5) is 5.69 Å². The lowest BCUT2D eigenvalue weighted by molar-refractivity contribution is 0.224. The Hall–Kier alpha value is -1.71. The maximum absolute atomic E-state index is 9.68. The molecule has 0 fully saturated rings. The zero-order chi connectivity index (χ0) is 13.9. The number of nitrogens with one attached hydrogen (secondary N) is 1. The average molecular weight is 278 g/mol. The van der Waals surface area contributed by atoms with Crippen LogP contribution < -0.4 is 5.32 Å². The lowest BCUT2D eigenvalue weighted by Crippen LogP contribution is -2.35. The normalized spacial score (nSPS) is 13.8. The van der Waals surface area contributed by atoms with Crippen molar-refractivity contribution in [3.8, 4) is 5.75 Å². The molecular formula is C15H16ClNO2. The van der Waals surface area contributed by atoms with E-state index in [0.717, 1.165) is 11.3 Å². The van der Waals surface area contributed by atoms with E-state index in [2.05, 4.69) is 5.32 Å². The van der Waals surface area contributed by atoms with Crippen molar-refractivity contribution in [2.75, 3.05) is 11.9 Å². The van der Waals surface area contributed by atoms with Gasteiger partial charge in [-0.05, 0) is 42.8 Å². The van der Waals surface area contributed by atoms with Crippen LogP contribution in [0.1, 0.15) is 12.5 Å². The first-order valence-electron chi connectivity index (χ1n) is 5.98. The van der Waals surface area contributed by atoms with Crippen molar-refractivity contribution in [1.29, 1.82) is 0 Å². The van der Waals surface area contributed by atoms with E-state index in [4.69, 9.17) is 11.6 Å². The Morgan fingerprint density at radius 3 is 2.42 bits per heavy atom. The highest BCUT2D eigenvalue weighted by Gasteiger charge is 2.25. The summed E-state index contributed by atoms with van der Waals surface area (Å²) in [4.78, 5) is 0. The maximum Gasteiger partial charge on any atom is 0.115 e. The molecule has 3 nitrogen and oxygen atoms in total. The second-order valence-corrected chi connectivity index (χ2v) is 5.11. The SMILES string of the molecule is CC(CO)(Nc1cccc(Cl)c1)c1ccc(O)cc1. The first-order valence-corrected chi connectivity index (χ1v) is 6.35. The molecular weight excluding hydrogens is 262 g/mol. The van der Waals surface area contributed by atoms with Crippen LogP contribution in [0, 0.1) is 0 Å². The molecule has 0 amide bonds. The van der Waals surface area contributed by atoms with Gasteiger partial charge in [0.25, 0.3) is 0 Å². The largest absolute Gasteiger partial charge is 0.508 e. The van der Waals surface area contributed by atoms with E-state index in [1.54, 1.807) is 36.4 Å². The van der Waals surface area contributed by atoms with Gasteiger partial charge in [0, 0.05) is 10.7 Å². The minimum atomic E-state index is -0.640. The number of anilines is 1. The minimum Gasteiger partial charge on any atom is -0.508 e. The van der Waals surface area contributed by atoms with E-state index in [9.17, 15) is 10.2 Å². The molecule has 0 aliphatic rings. The van der Waals surface area contributed by atoms with Gasteiger partial charge >= 0.3 is 0 Å². The summed E-state index contributed by atoms with van der Waals surface area (Å²) in [6, 6.07) is 14.1. The molecule has 2 aromatic rings. The Kier molecular flexibility index (Phi) is 3.98. The fourth-order valence-corrected chi connectivity index (χ4v) is 2.11. The molecule has 3 N–H and O–H groups in total. The van der Waals surface area contributed by atoms with Crippen molar-refractivity contribution in [3.05, 3.63) is 59.1 Å². The highest BCUT2D eigenvalue weighted by Crippen LogP contribution is 2.28. The number of hydrogen-bond donors (Lipinski definition) is 3. The van der Waals surface area contributed by atoms with Crippen LogP contribution in [-0.4, -0.2) is 16.8 Å².